The molecule has 1 aliphatic rings. The number of nitrogens with one attached hydrogen (secondary N) is 2. The van der Waals surface area contributed by atoms with Crippen LogP contribution in [0.5, 0.6) is 0 Å². The van der Waals surface area contributed by atoms with Crippen molar-refractivity contribution in [1.29, 1.82) is 0 Å². The highest BCUT2D eigenvalue weighted by Crippen LogP contribution is 2.16. The lowest BCUT2D eigenvalue weighted by molar-refractivity contribution is -0.119. The fraction of sp³-hybridized carbons (Fsp3) is 0.333. The van der Waals surface area contributed by atoms with Crippen LogP contribution in [0.4, 0.5) is 10.1 Å². The molecule has 18 heavy (non-hydrogen) atoms. The lowest BCUT2D eigenvalue weighted by Gasteiger charge is -2.13. The van der Waals surface area contributed by atoms with E-state index in [9.17, 15) is 9.18 Å². The van der Waals surface area contributed by atoms with Crippen LogP contribution < -0.4 is 16.4 Å². The van der Waals surface area contributed by atoms with Crippen molar-refractivity contribution in [3.05, 3.63) is 29.6 Å². The molecule has 0 aliphatic carbocycles. The molecular weight excluding hydrogens is 253 g/mol. The van der Waals surface area contributed by atoms with Crippen LogP contribution in [0.2, 0.25) is 0 Å². The summed E-state index contributed by atoms with van der Waals surface area (Å²) in [4.78, 5) is 11.2. The molecule has 0 spiro atoms. The van der Waals surface area contributed by atoms with Gasteiger partial charge in [-0.3, -0.25) is 4.79 Å². The fourth-order valence-electron chi connectivity index (χ4n) is 1.88. The van der Waals surface area contributed by atoms with E-state index < -0.39 is 5.82 Å². The molecule has 1 aromatic carbocycles. The molecule has 1 unspecified atom stereocenters. The van der Waals surface area contributed by atoms with Gasteiger partial charge in [-0.05, 0) is 24.6 Å². The van der Waals surface area contributed by atoms with Crippen molar-refractivity contribution >= 4 is 28.8 Å². The number of hydrogen-bond donors (Lipinski definition) is 3. The Morgan fingerprint density at radius 3 is 2.94 bits per heavy atom. The SMILES string of the molecule is NC(=S)c1ccc(NCC2CCC(=O)N2)c(F)c1. The summed E-state index contributed by atoms with van der Waals surface area (Å²) in [5, 5.41) is 5.78. The van der Waals surface area contributed by atoms with E-state index in [1.807, 2.05) is 0 Å². The quantitative estimate of drug-likeness (QED) is 0.716. The molecule has 6 heteroatoms. The van der Waals surface area contributed by atoms with Gasteiger partial charge in [-0.2, -0.15) is 0 Å². The van der Waals surface area contributed by atoms with E-state index in [-0.39, 0.29) is 16.9 Å². The Hall–Kier alpha value is -1.69. The maximum Gasteiger partial charge on any atom is 0.220 e. The van der Waals surface area contributed by atoms with Crippen LogP contribution in [0.25, 0.3) is 0 Å². The van der Waals surface area contributed by atoms with Crippen molar-refractivity contribution in [3.63, 3.8) is 0 Å². The molecule has 4 N–H and O–H groups in total. The molecule has 1 saturated heterocycles. The van der Waals surface area contributed by atoms with Crippen molar-refractivity contribution in [2.24, 2.45) is 5.73 Å². The third-order valence-electron chi connectivity index (χ3n) is 2.88. The van der Waals surface area contributed by atoms with Crippen LogP contribution in [0.3, 0.4) is 0 Å². The molecule has 1 amide bonds. The summed E-state index contributed by atoms with van der Waals surface area (Å²) in [6.45, 7) is 0.509. The van der Waals surface area contributed by atoms with E-state index in [0.717, 1.165) is 6.42 Å². The summed E-state index contributed by atoms with van der Waals surface area (Å²) >= 11 is 4.77. The molecule has 2 rings (SSSR count). The Morgan fingerprint density at radius 2 is 2.39 bits per heavy atom. The summed E-state index contributed by atoms with van der Waals surface area (Å²) in [7, 11) is 0. The van der Waals surface area contributed by atoms with E-state index in [4.69, 9.17) is 18.0 Å². The summed E-state index contributed by atoms with van der Waals surface area (Å²) < 4.78 is 13.7. The molecule has 96 valence electrons. The van der Waals surface area contributed by atoms with Gasteiger partial charge in [0, 0.05) is 24.6 Å². The molecule has 0 radical (unpaired) electrons. The molecular formula is C12H14FN3OS. The first-order chi connectivity index (χ1) is 8.56. The predicted molar refractivity (Wildman–Crippen MR) is 71.9 cm³/mol. The topological polar surface area (TPSA) is 67.1 Å². The lowest BCUT2D eigenvalue weighted by atomic mass is 10.2. The first-order valence-corrected chi connectivity index (χ1v) is 6.09. The normalized spacial score (nSPS) is 18.5. The van der Waals surface area contributed by atoms with Crippen LogP contribution in [0, 0.1) is 5.82 Å². The Kier molecular flexibility index (Phi) is 3.76. The Labute approximate surface area is 110 Å². The van der Waals surface area contributed by atoms with Crippen LogP contribution in [0.1, 0.15) is 18.4 Å². The fourth-order valence-corrected chi connectivity index (χ4v) is 2.00. The number of thiocarbonyl (C=S) groups is 1. The number of hydrogen-bond acceptors (Lipinski definition) is 3. The monoisotopic (exact) mass is 267 g/mol. The summed E-state index contributed by atoms with van der Waals surface area (Å²) in [5.41, 5.74) is 6.31. The minimum Gasteiger partial charge on any atom is -0.389 e. The smallest absolute Gasteiger partial charge is 0.220 e. The van der Waals surface area contributed by atoms with Gasteiger partial charge in [0.05, 0.1) is 5.69 Å². The number of rotatable bonds is 4. The molecule has 1 aliphatic heterocycles. The zero-order chi connectivity index (χ0) is 13.1. The standard InChI is InChI=1S/C12H14FN3OS/c13-9-5-7(12(14)18)1-3-10(9)15-6-8-2-4-11(17)16-8/h1,3,5,8,15H,2,4,6H2,(H2,14,18)(H,16,17). The second kappa shape index (κ2) is 5.30. The van der Waals surface area contributed by atoms with Gasteiger partial charge in [0.2, 0.25) is 5.91 Å². The highest BCUT2D eigenvalue weighted by molar-refractivity contribution is 7.80. The second-order valence-corrected chi connectivity index (χ2v) is 4.68. The van der Waals surface area contributed by atoms with E-state index in [2.05, 4.69) is 10.6 Å². The average Bonchev–Trinajstić information content (AvgIpc) is 2.73. The molecule has 1 aromatic rings. The van der Waals surface area contributed by atoms with Gasteiger partial charge in [0.1, 0.15) is 10.8 Å². The Bertz CT molecular complexity index is 492. The van der Waals surface area contributed by atoms with Gasteiger partial charge in [-0.1, -0.05) is 12.2 Å². The number of amides is 1. The molecule has 0 bridgehead atoms. The molecule has 1 heterocycles. The molecule has 4 nitrogen and oxygen atoms in total. The Balaban J connectivity index is 1.97. The first kappa shape index (κ1) is 12.8. The number of carbonyl (C=O) groups excluding carboxylic acids is 1. The zero-order valence-corrected chi connectivity index (χ0v) is 10.5. The van der Waals surface area contributed by atoms with Gasteiger partial charge >= 0.3 is 0 Å². The summed E-state index contributed by atoms with van der Waals surface area (Å²) in [6.07, 6.45) is 1.31. The predicted octanol–water partition coefficient (Wildman–Crippen LogP) is 1.15. The number of anilines is 1. The number of benzene rings is 1. The molecule has 1 atom stereocenters. The van der Waals surface area contributed by atoms with E-state index in [1.54, 1.807) is 12.1 Å². The van der Waals surface area contributed by atoms with Crippen molar-refractivity contribution < 1.29 is 9.18 Å². The number of carbonyl (C=O) groups is 1. The third kappa shape index (κ3) is 2.95. The summed E-state index contributed by atoms with van der Waals surface area (Å²) in [5.74, 6) is -0.351. The Morgan fingerprint density at radius 1 is 1.61 bits per heavy atom. The first-order valence-electron chi connectivity index (χ1n) is 5.69. The minimum absolute atomic E-state index is 0.0473. The van der Waals surface area contributed by atoms with Crippen LogP contribution in [-0.4, -0.2) is 23.5 Å². The summed E-state index contributed by atoms with van der Waals surface area (Å²) in [6, 6.07) is 4.63. The van der Waals surface area contributed by atoms with Crippen LogP contribution >= 0.6 is 12.2 Å². The van der Waals surface area contributed by atoms with Gasteiger partial charge in [0.15, 0.2) is 0 Å². The average molecular weight is 267 g/mol. The van der Waals surface area contributed by atoms with Crippen molar-refractivity contribution in [2.75, 3.05) is 11.9 Å². The van der Waals surface area contributed by atoms with Gasteiger partial charge in [0.25, 0.3) is 0 Å². The van der Waals surface area contributed by atoms with E-state index in [0.29, 0.717) is 24.2 Å². The van der Waals surface area contributed by atoms with E-state index in [1.165, 1.54) is 6.07 Å². The van der Waals surface area contributed by atoms with Crippen LogP contribution in [-0.2, 0) is 4.79 Å². The highest BCUT2D eigenvalue weighted by Gasteiger charge is 2.20. The molecule has 0 saturated carbocycles. The van der Waals surface area contributed by atoms with Gasteiger partial charge in [-0.15, -0.1) is 0 Å². The van der Waals surface area contributed by atoms with Crippen molar-refractivity contribution in [2.45, 2.75) is 18.9 Å². The third-order valence-corrected chi connectivity index (χ3v) is 3.11. The highest BCUT2D eigenvalue weighted by atomic mass is 32.1. The number of nitrogens with two attached hydrogens (primary N) is 1. The van der Waals surface area contributed by atoms with Crippen molar-refractivity contribution in [3.8, 4) is 0 Å². The maximum atomic E-state index is 13.7. The molecule has 0 aromatic heterocycles. The minimum atomic E-state index is -0.398. The van der Waals surface area contributed by atoms with Gasteiger partial charge < -0.3 is 16.4 Å². The lowest BCUT2D eigenvalue weighted by Crippen LogP contribution is -2.32. The van der Waals surface area contributed by atoms with E-state index >= 15 is 0 Å². The largest absolute Gasteiger partial charge is 0.389 e. The molecule has 1 fully saturated rings. The van der Waals surface area contributed by atoms with Gasteiger partial charge in [-0.25, -0.2) is 4.39 Å². The maximum absolute atomic E-state index is 13.7. The van der Waals surface area contributed by atoms with Crippen molar-refractivity contribution in [1.82, 2.24) is 5.32 Å². The number of halogens is 1. The van der Waals surface area contributed by atoms with Crippen LogP contribution in [0.15, 0.2) is 18.2 Å². The zero-order valence-electron chi connectivity index (χ0n) is 9.70. The second-order valence-electron chi connectivity index (χ2n) is 4.24.